The summed E-state index contributed by atoms with van der Waals surface area (Å²) in [4.78, 5) is 16.0. The number of hydrogen-bond acceptors (Lipinski definition) is 6. The predicted molar refractivity (Wildman–Crippen MR) is 75.4 cm³/mol. The van der Waals surface area contributed by atoms with Crippen LogP contribution in [0.3, 0.4) is 0 Å². The van der Waals surface area contributed by atoms with E-state index in [1.54, 1.807) is 6.33 Å². The molecule has 0 atom stereocenters. The molecule has 2 heterocycles. The van der Waals surface area contributed by atoms with Crippen LogP contribution in [0.4, 0.5) is 5.82 Å². The molecule has 8 nitrogen and oxygen atoms in total. The van der Waals surface area contributed by atoms with Crippen molar-refractivity contribution in [2.75, 3.05) is 12.3 Å². The number of fused-ring (bicyclic) bond motifs is 1. The van der Waals surface area contributed by atoms with Gasteiger partial charge in [0.2, 0.25) is 11.5 Å². The van der Waals surface area contributed by atoms with Gasteiger partial charge < -0.3 is 15.6 Å². The quantitative estimate of drug-likeness (QED) is 0.672. The number of nitrogens with zero attached hydrogens (tertiary/aromatic N) is 4. The first-order valence-corrected chi connectivity index (χ1v) is 6.52. The SMILES string of the molecule is Nc1nonc1C(=O)NCCCn1cnc2ccccc21. The molecule has 0 aliphatic carbocycles. The van der Waals surface area contributed by atoms with Gasteiger partial charge in [0.05, 0.1) is 17.4 Å². The lowest BCUT2D eigenvalue weighted by Gasteiger charge is -2.05. The fourth-order valence-corrected chi connectivity index (χ4v) is 2.08. The van der Waals surface area contributed by atoms with Gasteiger partial charge in [-0.2, -0.15) is 0 Å². The molecular weight excluding hydrogens is 272 g/mol. The molecule has 0 bridgehead atoms. The standard InChI is InChI=1S/C13H14N6O2/c14-12-11(17-21-18-12)13(20)15-6-3-7-19-8-16-9-4-1-2-5-10(9)19/h1-2,4-5,8H,3,6-7H2,(H2,14,18)(H,15,20). The molecule has 0 spiro atoms. The average Bonchev–Trinajstić information content (AvgIpc) is 3.10. The maximum absolute atomic E-state index is 11.7. The zero-order chi connectivity index (χ0) is 14.7. The molecule has 3 N–H and O–H groups in total. The lowest BCUT2D eigenvalue weighted by molar-refractivity contribution is 0.0943. The Morgan fingerprint density at radius 2 is 2.19 bits per heavy atom. The third kappa shape index (κ3) is 2.69. The summed E-state index contributed by atoms with van der Waals surface area (Å²) in [6, 6.07) is 7.91. The van der Waals surface area contributed by atoms with Crippen LogP contribution < -0.4 is 11.1 Å². The van der Waals surface area contributed by atoms with Gasteiger partial charge in [-0.05, 0) is 28.9 Å². The molecule has 8 heteroatoms. The summed E-state index contributed by atoms with van der Waals surface area (Å²) in [5, 5.41) is 9.53. The average molecular weight is 286 g/mol. The lowest BCUT2D eigenvalue weighted by Crippen LogP contribution is -2.26. The monoisotopic (exact) mass is 286 g/mol. The Bertz CT molecular complexity index is 763. The van der Waals surface area contributed by atoms with Gasteiger partial charge in [-0.3, -0.25) is 4.79 Å². The summed E-state index contributed by atoms with van der Waals surface area (Å²) in [5.41, 5.74) is 7.50. The number of benzene rings is 1. The molecule has 0 saturated carbocycles. The van der Waals surface area contributed by atoms with Crippen molar-refractivity contribution in [1.29, 1.82) is 0 Å². The van der Waals surface area contributed by atoms with E-state index in [1.807, 2.05) is 28.8 Å². The third-order valence-electron chi connectivity index (χ3n) is 3.12. The summed E-state index contributed by atoms with van der Waals surface area (Å²) in [5.74, 6) is -0.391. The highest BCUT2D eigenvalue weighted by molar-refractivity contribution is 5.95. The summed E-state index contributed by atoms with van der Waals surface area (Å²) in [6.07, 6.45) is 2.56. The van der Waals surface area contributed by atoms with Crippen molar-refractivity contribution in [1.82, 2.24) is 25.2 Å². The van der Waals surface area contributed by atoms with E-state index in [0.29, 0.717) is 6.54 Å². The fraction of sp³-hybridized carbons (Fsp3) is 0.231. The second kappa shape index (κ2) is 5.61. The van der Waals surface area contributed by atoms with E-state index in [-0.39, 0.29) is 17.4 Å². The van der Waals surface area contributed by atoms with E-state index >= 15 is 0 Å². The Balaban J connectivity index is 1.53. The lowest BCUT2D eigenvalue weighted by atomic mass is 10.3. The van der Waals surface area contributed by atoms with Crippen LogP contribution >= 0.6 is 0 Å². The first kappa shape index (κ1) is 13.1. The van der Waals surface area contributed by atoms with Gasteiger partial charge in [-0.1, -0.05) is 12.1 Å². The maximum atomic E-state index is 11.7. The summed E-state index contributed by atoms with van der Waals surface area (Å²) in [6.45, 7) is 1.25. The van der Waals surface area contributed by atoms with Crippen LogP contribution in [0.15, 0.2) is 35.2 Å². The number of amides is 1. The van der Waals surface area contributed by atoms with Crippen molar-refractivity contribution in [3.63, 3.8) is 0 Å². The first-order chi connectivity index (χ1) is 10.3. The van der Waals surface area contributed by atoms with Crippen LogP contribution in [0.5, 0.6) is 0 Å². The zero-order valence-electron chi connectivity index (χ0n) is 11.2. The summed E-state index contributed by atoms with van der Waals surface area (Å²) < 4.78 is 6.43. The second-order valence-corrected chi connectivity index (χ2v) is 4.53. The van der Waals surface area contributed by atoms with Crippen LogP contribution in [0, 0.1) is 0 Å². The van der Waals surface area contributed by atoms with E-state index < -0.39 is 0 Å². The Kier molecular flexibility index (Phi) is 3.50. The van der Waals surface area contributed by atoms with E-state index in [1.165, 1.54) is 0 Å². The van der Waals surface area contributed by atoms with Crippen molar-refractivity contribution in [3.8, 4) is 0 Å². The molecule has 0 fully saturated rings. The Morgan fingerprint density at radius 1 is 1.33 bits per heavy atom. The highest BCUT2D eigenvalue weighted by atomic mass is 16.6. The van der Waals surface area contributed by atoms with Gasteiger partial charge >= 0.3 is 0 Å². The minimum absolute atomic E-state index is 0.00639. The van der Waals surface area contributed by atoms with Gasteiger partial charge in [0, 0.05) is 13.1 Å². The molecular formula is C13H14N6O2. The third-order valence-corrected chi connectivity index (χ3v) is 3.12. The number of rotatable bonds is 5. The molecule has 0 aliphatic rings. The molecule has 3 aromatic rings. The molecule has 1 amide bonds. The number of aromatic nitrogens is 4. The number of nitrogens with one attached hydrogen (secondary N) is 1. The molecule has 1 aromatic carbocycles. The van der Waals surface area contributed by atoms with Gasteiger partial charge in [0.25, 0.3) is 5.91 Å². The van der Waals surface area contributed by atoms with E-state index in [9.17, 15) is 4.79 Å². The number of anilines is 1. The molecule has 0 unspecified atom stereocenters. The normalized spacial score (nSPS) is 10.9. The highest BCUT2D eigenvalue weighted by Crippen LogP contribution is 2.11. The number of para-hydroxylation sites is 2. The highest BCUT2D eigenvalue weighted by Gasteiger charge is 2.14. The van der Waals surface area contributed by atoms with Crippen molar-refractivity contribution in [2.24, 2.45) is 0 Å². The number of aryl methyl sites for hydroxylation is 1. The number of nitrogens with two attached hydrogens (primary N) is 1. The number of nitrogen functional groups attached to an aromatic ring is 1. The Labute approximate surface area is 119 Å². The van der Waals surface area contributed by atoms with Gasteiger partial charge in [0.15, 0.2) is 0 Å². The maximum Gasteiger partial charge on any atom is 0.277 e. The van der Waals surface area contributed by atoms with Crippen LogP contribution in [0.1, 0.15) is 16.9 Å². The molecule has 3 rings (SSSR count). The van der Waals surface area contributed by atoms with E-state index in [2.05, 4.69) is 25.2 Å². The zero-order valence-corrected chi connectivity index (χ0v) is 11.2. The number of carbonyl (C=O) groups excluding carboxylic acids is 1. The van der Waals surface area contributed by atoms with Crippen molar-refractivity contribution in [3.05, 3.63) is 36.3 Å². The molecule has 0 radical (unpaired) electrons. The minimum atomic E-state index is -0.385. The summed E-state index contributed by atoms with van der Waals surface area (Å²) in [7, 11) is 0. The van der Waals surface area contributed by atoms with E-state index in [0.717, 1.165) is 24.0 Å². The van der Waals surface area contributed by atoms with Crippen LogP contribution in [-0.4, -0.2) is 32.3 Å². The van der Waals surface area contributed by atoms with Crippen molar-refractivity contribution >= 4 is 22.8 Å². The van der Waals surface area contributed by atoms with Crippen LogP contribution in [0.25, 0.3) is 11.0 Å². The van der Waals surface area contributed by atoms with Crippen molar-refractivity contribution in [2.45, 2.75) is 13.0 Å². The van der Waals surface area contributed by atoms with Gasteiger partial charge in [-0.15, -0.1) is 0 Å². The molecule has 2 aromatic heterocycles. The number of hydrogen-bond donors (Lipinski definition) is 2. The fourth-order valence-electron chi connectivity index (χ4n) is 2.08. The Morgan fingerprint density at radius 3 is 3.00 bits per heavy atom. The van der Waals surface area contributed by atoms with Crippen LogP contribution in [-0.2, 0) is 6.54 Å². The molecule has 0 aliphatic heterocycles. The molecule has 21 heavy (non-hydrogen) atoms. The molecule has 108 valence electrons. The number of imidazole rings is 1. The predicted octanol–water partition coefficient (Wildman–Crippen LogP) is 0.822. The first-order valence-electron chi connectivity index (χ1n) is 6.52. The largest absolute Gasteiger partial charge is 0.379 e. The minimum Gasteiger partial charge on any atom is -0.379 e. The second-order valence-electron chi connectivity index (χ2n) is 4.53. The summed E-state index contributed by atoms with van der Waals surface area (Å²) >= 11 is 0. The number of carbonyl (C=O) groups is 1. The van der Waals surface area contributed by atoms with Crippen molar-refractivity contribution < 1.29 is 9.42 Å². The van der Waals surface area contributed by atoms with Crippen LogP contribution in [0.2, 0.25) is 0 Å². The van der Waals surface area contributed by atoms with Gasteiger partial charge in [0.1, 0.15) is 0 Å². The molecule has 0 saturated heterocycles. The van der Waals surface area contributed by atoms with Gasteiger partial charge in [-0.25, -0.2) is 9.61 Å². The smallest absolute Gasteiger partial charge is 0.277 e. The Hall–Kier alpha value is -2.90. The topological polar surface area (TPSA) is 112 Å². The van der Waals surface area contributed by atoms with E-state index in [4.69, 9.17) is 5.73 Å².